The van der Waals surface area contributed by atoms with Gasteiger partial charge in [0.05, 0.1) is 18.4 Å². The minimum absolute atomic E-state index is 0.0527. The predicted octanol–water partition coefficient (Wildman–Crippen LogP) is 7.36. The van der Waals surface area contributed by atoms with Crippen molar-refractivity contribution in [1.29, 1.82) is 0 Å². The third-order valence-corrected chi connectivity index (χ3v) is 12.9. The number of amides is 1. The summed E-state index contributed by atoms with van der Waals surface area (Å²) in [5.74, 6) is 2.37. The summed E-state index contributed by atoms with van der Waals surface area (Å²) in [6, 6.07) is 12.3. The van der Waals surface area contributed by atoms with E-state index >= 15 is 0 Å². The number of nitrogens with one attached hydrogen (secondary N) is 1. The zero-order valence-corrected chi connectivity index (χ0v) is 28.0. The number of nitrogens with zero attached hydrogens (tertiary/aromatic N) is 1. The molecule has 0 unspecified atom stereocenters. The largest absolute Gasteiger partial charge is 0.490 e. The number of ether oxygens (including phenoxy) is 2. The summed E-state index contributed by atoms with van der Waals surface area (Å²) in [7, 11) is 0. The SMILES string of the molecule is C[C@H]1C/C=C\[C@H](O)[C@@H]2CC[C@H]2CN2C[C@@]3(CCCc4cc(Cl)ccc43)COc3ccc(cc32)C(=O)NS[C@H]1CC1CCOCC1. The highest BCUT2D eigenvalue weighted by molar-refractivity contribution is 7.98. The number of rotatable bonds is 2. The number of carbonyl (C=O) groups is 1. The van der Waals surface area contributed by atoms with E-state index in [1.54, 1.807) is 11.9 Å². The lowest BCUT2D eigenvalue weighted by atomic mass is 9.68. The van der Waals surface area contributed by atoms with E-state index < -0.39 is 6.10 Å². The Morgan fingerprint density at radius 1 is 1.13 bits per heavy atom. The highest BCUT2D eigenvalue weighted by Crippen LogP contribution is 2.47. The molecule has 242 valence electrons. The number of carbonyl (C=O) groups excluding carboxylic acids is 1. The fraction of sp³-hybridized carbons (Fsp3) is 0.595. The Morgan fingerprint density at radius 3 is 2.82 bits per heavy atom. The van der Waals surface area contributed by atoms with Crippen LogP contribution in [0.25, 0.3) is 0 Å². The highest BCUT2D eigenvalue weighted by Gasteiger charge is 2.44. The summed E-state index contributed by atoms with van der Waals surface area (Å²) >= 11 is 8.02. The fourth-order valence-corrected chi connectivity index (χ4v) is 9.71. The molecule has 6 atom stereocenters. The van der Waals surface area contributed by atoms with Gasteiger partial charge in [-0.05, 0) is 135 Å². The van der Waals surface area contributed by atoms with Crippen molar-refractivity contribution in [2.75, 3.05) is 37.8 Å². The summed E-state index contributed by atoms with van der Waals surface area (Å²) in [6.07, 6.45) is 13.2. The van der Waals surface area contributed by atoms with E-state index in [0.717, 1.165) is 101 Å². The van der Waals surface area contributed by atoms with E-state index in [1.165, 1.54) is 11.1 Å². The van der Waals surface area contributed by atoms with Gasteiger partial charge in [0.1, 0.15) is 5.75 Å². The van der Waals surface area contributed by atoms with Crippen molar-refractivity contribution in [3.8, 4) is 5.75 Å². The normalized spacial score (nSPS) is 33.2. The van der Waals surface area contributed by atoms with Crippen LogP contribution >= 0.6 is 23.5 Å². The quantitative estimate of drug-likeness (QED) is 0.262. The van der Waals surface area contributed by atoms with E-state index in [9.17, 15) is 9.90 Å². The van der Waals surface area contributed by atoms with Gasteiger partial charge in [-0.2, -0.15) is 0 Å². The first kappa shape index (κ1) is 31.4. The van der Waals surface area contributed by atoms with Crippen LogP contribution in [0, 0.1) is 23.7 Å². The van der Waals surface area contributed by atoms with Crippen molar-refractivity contribution >= 4 is 35.1 Å². The molecule has 2 aromatic rings. The van der Waals surface area contributed by atoms with Gasteiger partial charge in [0.15, 0.2) is 0 Å². The van der Waals surface area contributed by atoms with E-state index in [4.69, 9.17) is 21.1 Å². The van der Waals surface area contributed by atoms with Gasteiger partial charge in [-0.15, -0.1) is 0 Å². The monoisotopic (exact) mass is 650 g/mol. The molecule has 0 radical (unpaired) electrons. The molecular formula is C37H47ClN2O4S. The maximum Gasteiger partial charge on any atom is 0.261 e. The van der Waals surface area contributed by atoms with Gasteiger partial charge in [-0.3, -0.25) is 9.52 Å². The minimum Gasteiger partial charge on any atom is -0.490 e. The molecule has 2 bridgehead atoms. The fourth-order valence-electron chi connectivity index (χ4n) is 8.43. The first-order valence-corrected chi connectivity index (χ1v) is 18.3. The molecular weight excluding hydrogens is 604 g/mol. The number of aliphatic hydroxyl groups is 1. The van der Waals surface area contributed by atoms with E-state index in [-0.39, 0.29) is 22.5 Å². The Balaban J connectivity index is 1.21. The lowest BCUT2D eigenvalue weighted by Crippen LogP contribution is -2.49. The maximum atomic E-state index is 13.7. The molecule has 6 nitrogen and oxygen atoms in total. The Kier molecular flexibility index (Phi) is 9.43. The van der Waals surface area contributed by atoms with Crippen LogP contribution in [0.2, 0.25) is 5.02 Å². The van der Waals surface area contributed by atoms with Crippen LogP contribution in [0.3, 0.4) is 0 Å². The molecule has 1 saturated heterocycles. The molecule has 3 heterocycles. The smallest absolute Gasteiger partial charge is 0.261 e. The summed E-state index contributed by atoms with van der Waals surface area (Å²) in [4.78, 5) is 16.2. The van der Waals surface area contributed by atoms with Crippen LogP contribution in [0.5, 0.6) is 5.75 Å². The second-order valence-corrected chi connectivity index (χ2v) is 15.8. The first-order chi connectivity index (χ1) is 21.9. The van der Waals surface area contributed by atoms with Crippen LogP contribution < -0.4 is 14.4 Å². The van der Waals surface area contributed by atoms with E-state index in [2.05, 4.69) is 34.8 Å². The van der Waals surface area contributed by atoms with Crippen molar-refractivity contribution in [2.45, 2.75) is 81.5 Å². The molecule has 45 heavy (non-hydrogen) atoms. The van der Waals surface area contributed by atoms with Gasteiger partial charge >= 0.3 is 0 Å². The molecule has 2 N–H and O–H groups in total. The Labute approximate surface area is 277 Å². The number of hydrogen-bond acceptors (Lipinski definition) is 6. The van der Waals surface area contributed by atoms with E-state index in [0.29, 0.717) is 29.9 Å². The number of halogens is 1. The molecule has 1 amide bonds. The molecule has 7 rings (SSSR count). The summed E-state index contributed by atoms with van der Waals surface area (Å²) in [5.41, 5.74) is 4.14. The lowest BCUT2D eigenvalue weighted by molar-refractivity contribution is 0.0455. The predicted molar refractivity (Wildman–Crippen MR) is 182 cm³/mol. The number of hydrogen-bond donors (Lipinski definition) is 2. The van der Waals surface area contributed by atoms with Crippen LogP contribution in [-0.4, -0.2) is 55.3 Å². The van der Waals surface area contributed by atoms with Gasteiger partial charge < -0.3 is 19.5 Å². The number of benzene rings is 2. The third-order valence-electron chi connectivity index (χ3n) is 11.4. The van der Waals surface area contributed by atoms with Crippen molar-refractivity contribution < 1.29 is 19.4 Å². The average Bonchev–Trinajstić information content (AvgIpc) is 3.18. The zero-order chi connectivity index (χ0) is 31.0. The van der Waals surface area contributed by atoms with Gasteiger partial charge in [0, 0.05) is 47.6 Å². The number of aryl methyl sites for hydroxylation is 1. The van der Waals surface area contributed by atoms with Gasteiger partial charge in [0.25, 0.3) is 5.91 Å². The van der Waals surface area contributed by atoms with Crippen molar-refractivity contribution in [3.05, 3.63) is 70.3 Å². The number of aliphatic hydroxyl groups excluding tert-OH is 1. The molecule has 1 saturated carbocycles. The van der Waals surface area contributed by atoms with Crippen LogP contribution in [0.4, 0.5) is 5.69 Å². The summed E-state index contributed by atoms with van der Waals surface area (Å²) < 4.78 is 15.5. The number of fused-ring (bicyclic) bond motifs is 4. The van der Waals surface area contributed by atoms with Crippen LogP contribution in [0.15, 0.2) is 48.6 Å². The Morgan fingerprint density at radius 2 is 2.00 bits per heavy atom. The molecule has 2 aliphatic carbocycles. The summed E-state index contributed by atoms with van der Waals surface area (Å²) in [6.45, 7) is 6.17. The zero-order valence-electron chi connectivity index (χ0n) is 26.4. The molecule has 3 aliphatic heterocycles. The second-order valence-electron chi connectivity index (χ2n) is 14.3. The number of anilines is 1. The van der Waals surface area contributed by atoms with Gasteiger partial charge in [0.2, 0.25) is 0 Å². The molecule has 2 aromatic carbocycles. The Hall–Kier alpha value is -2.19. The van der Waals surface area contributed by atoms with E-state index in [1.807, 2.05) is 30.3 Å². The van der Waals surface area contributed by atoms with Crippen LogP contribution in [-0.2, 0) is 16.6 Å². The molecule has 2 fully saturated rings. The first-order valence-electron chi connectivity index (χ1n) is 17.1. The highest BCUT2D eigenvalue weighted by atomic mass is 35.5. The second kappa shape index (κ2) is 13.5. The van der Waals surface area contributed by atoms with Gasteiger partial charge in [-0.25, -0.2) is 0 Å². The standard InChI is InChI=1S/C37H47ClN2O4S/c1-24-4-2-6-33(41)30-10-7-28(30)21-40-22-37(15-3-5-26-19-29(38)9-11-31(26)37)23-44-34-12-8-27(20-32(34)40)36(42)39-45-35(24)18-25-13-16-43-17-14-25/h2,6,8-9,11-12,19-20,24-25,28,30,33,35,41H,3-5,7,10,13-18,21-23H2,1H3,(H,39,42)/b6-2-/t24-,28-,30+,33-,35-,37-/m0/s1. The van der Waals surface area contributed by atoms with Crippen LogP contribution in [0.1, 0.15) is 79.8 Å². The molecule has 5 aliphatic rings. The molecule has 0 aromatic heterocycles. The molecule has 8 heteroatoms. The third kappa shape index (κ3) is 6.65. The maximum absolute atomic E-state index is 13.7. The van der Waals surface area contributed by atoms with Crippen molar-refractivity contribution in [2.24, 2.45) is 23.7 Å². The number of allylic oxidation sites excluding steroid dienone is 1. The topological polar surface area (TPSA) is 71.0 Å². The minimum atomic E-state index is -0.439. The van der Waals surface area contributed by atoms with Crippen molar-refractivity contribution in [1.82, 2.24) is 4.72 Å². The summed E-state index contributed by atoms with van der Waals surface area (Å²) in [5, 5.41) is 12.4. The average molecular weight is 651 g/mol. The lowest BCUT2D eigenvalue weighted by Gasteiger charge is -2.45. The van der Waals surface area contributed by atoms with Crippen molar-refractivity contribution in [3.63, 3.8) is 0 Å². The van der Waals surface area contributed by atoms with Gasteiger partial charge in [-0.1, -0.05) is 36.7 Å². The Bertz CT molecular complexity index is 1410. The molecule has 1 spiro atoms.